The van der Waals surface area contributed by atoms with Crippen molar-refractivity contribution in [1.29, 1.82) is 0 Å². The topological polar surface area (TPSA) is 65.1 Å². The Bertz CT molecular complexity index is 537. The Balaban J connectivity index is 1.84. The van der Waals surface area contributed by atoms with Gasteiger partial charge in [-0.3, -0.25) is 4.90 Å². The van der Waals surface area contributed by atoms with Crippen molar-refractivity contribution in [2.75, 3.05) is 31.1 Å². The second kappa shape index (κ2) is 5.93. The Morgan fingerprint density at radius 1 is 1.29 bits per heavy atom. The van der Waals surface area contributed by atoms with Crippen LogP contribution in [0.4, 0.5) is 5.69 Å². The van der Waals surface area contributed by atoms with Gasteiger partial charge in [0.25, 0.3) is 0 Å². The van der Waals surface area contributed by atoms with Crippen LogP contribution in [0.3, 0.4) is 0 Å². The van der Waals surface area contributed by atoms with Crippen molar-refractivity contribution < 1.29 is 5.21 Å². The quantitative estimate of drug-likeness (QED) is 0.385. The van der Waals surface area contributed by atoms with Gasteiger partial charge in [-0.05, 0) is 50.9 Å². The third-order valence-electron chi connectivity index (χ3n) is 4.76. The number of likely N-dealkylation sites (tertiary alicyclic amines) is 1. The highest BCUT2D eigenvalue weighted by atomic mass is 16.4. The first-order valence-corrected chi connectivity index (χ1v) is 7.77. The maximum absolute atomic E-state index is 9.01. The van der Waals surface area contributed by atoms with Gasteiger partial charge in [-0.15, -0.1) is 0 Å². The first-order valence-electron chi connectivity index (χ1n) is 7.77. The molecule has 3 N–H and O–H groups in total. The molecule has 0 aromatic heterocycles. The van der Waals surface area contributed by atoms with Gasteiger partial charge >= 0.3 is 0 Å². The zero-order chi connectivity index (χ0) is 14.8. The number of amidine groups is 1. The van der Waals surface area contributed by atoms with Crippen molar-refractivity contribution in [2.24, 2.45) is 10.9 Å². The summed E-state index contributed by atoms with van der Waals surface area (Å²) in [5, 5.41) is 12.2. The van der Waals surface area contributed by atoms with Crippen LogP contribution in [0.25, 0.3) is 0 Å². The molecule has 5 nitrogen and oxygen atoms in total. The summed E-state index contributed by atoms with van der Waals surface area (Å²) < 4.78 is 0. The van der Waals surface area contributed by atoms with Crippen LogP contribution in [0.15, 0.2) is 23.4 Å². The molecule has 0 bridgehead atoms. The number of para-hydroxylation sites is 1. The zero-order valence-corrected chi connectivity index (χ0v) is 12.6. The Kier molecular flexibility index (Phi) is 4.01. The van der Waals surface area contributed by atoms with Gasteiger partial charge in [0.2, 0.25) is 0 Å². The monoisotopic (exact) mass is 288 g/mol. The molecule has 0 spiro atoms. The minimum atomic E-state index is 0.193. The normalized spacial score (nSPS) is 24.0. The second-order valence-electron chi connectivity index (χ2n) is 6.09. The average Bonchev–Trinajstić information content (AvgIpc) is 3.16. The summed E-state index contributed by atoms with van der Waals surface area (Å²) in [7, 11) is 0. The standard InChI is InChI=1S/C16H24N4O/c1-12-5-4-6-14(16(17)18-21)15(12)20-10-7-13(11-20)19-8-2-3-9-19/h4-6,13,21H,2-3,7-11H2,1H3,(H2,17,18). The van der Waals surface area contributed by atoms with E-state index in [0.29, 0.717) is 6.04 Å². The maximum Gasteiger partial charge on any atom is 0.172 e. The van der Waals surface area contributed by atoms with E-state index in [9.17, 15) is 0 Å². The molecule has 0 radical (unpaired) electrons. The molecule has 5 heteroatoms. The van der Waals surface area contributed by atoms with Crippen molar-refractivity contribution in [3.63, 3.8) is 0 Å². The van der Waals surface area contributed by atoms with Gasteiger partial charge in [0.15, 0.2) is 5.84 Å². The Labute approximate surface area is 126 Å². The van der Waals surface area contributed by atoms with E-state index in [1.807, 2.05) is 12.1 Å². The number of nitrogens with two attached hydrogens (primary N) is 1. The summed E-state index contributed by atoms with van der Waals surface area (Å²) in [5.41, 5.74) is 8.99. The van der Waals surface area contributed by atoms with Gasteiger partial charge in [-0.2, -0.15) is 0 Å². The molecule has 1 aromatic rings. The highest BCUT2D eigenvalue weighted by Gasteiger charge is 2.31. The molecule has 3 rings (SSSR count). The molecule has 1 aromatic carbocycles. The number of aryl methyl sites for hydroxylation is 1. The Morgan fingerprint density at radius 2 is 2.05 bits per heavy atom. The van der Waals surface area contributed by atoms with Crippen LogP contribution in [-0.2, 0) is 0 Å². The smallest absolute Gasteiger partial charge is 0.172 e. The molecular weight excluding hydrogens is 264 g/mol. The predicted octanol–water partition coefficient (Wildman–Crippen LogP) is 1.76. The largest absolute Gasteiger partial charge is 0.409 e. The van der Waals surface area contributed by atoms with Crippen LogP contribution in [0, 0.1) is 6.92 Å². The van der Waals surface area contributed by atoms with Crippen LogP contribution < -0.4 is 10.6 Å². The molecule has 2 saturated heterocycles. The highest BCUT2D eigenvalue weighted by molar-refractivity contribution is 6.02. The van der Waals surface area contributed by atoms with E-state index in [4.69, 9.17) is 10.9 Å². The molecular formula is C16H24N4O. The fourth-order valence-corrected chi connectivity index (χ4v) is 3.69. The average molecular weight is 288 g/mol. The van der Waals surface area contributed by atoms with Crippen molar-refractivity contribution in [3.05, 3.63) is 29.3 Å². The predicted molar refractivity (Wildman–Crippen MR) is 85.1 cm³/mol. The summed E-state index contributed by atoms with van der Waals surface area (Å²) in [5.74, 6) is 0.193. The molecule has 114 valence electrons. The number of anilines is 1. The lowest BCUT2D eigenvalue weighted by Crippen LogP contribution is -2.36. The van der Waals surface area contributed by atoms with E-state index in [2.05, 4.69) is 27.9 Å². The number of rotatable bonds is 3. The second-order valence-corrected chi connectivity index (χ2v) is 6.09. The molecule has 2 heterocycles. The lowest BCUT2D eigenvalue weighted by atomic mass is 10.1. The molecule has 21 heavy (non-hydrogen) atoms. The van der Waals surface area contributed by atoms with Crippen LogP contribution in [0.1, 0.15) is 30.4 Å². The van der Waals surface area contributed by atoms with E-state index >= 15 is 0 Å². The van der Waals surface area contributed by atoms with E-state index in [0.717, 1.165) is 24.3 Å². The van der Waals surface area contributed by atoms with Gasteiger partial charge in [0.05, 0.1) is 5.69 Å². The molecule has 1 atom stereocenters. The van der Waals surface area contributed by atoms with Crippen LogP contribution in [0.2, 0.25) is 0 Å². The van der Waals surface area contributed by atoms with Crippen LogP contribution in [0.5, 0.6) is 0 Å². The van der Waals surface area contributed by atoms with Gasteiger partial charge in [-0.25, -0.2) is 0 Å². The van der Waals surface area contributed by atoms with Crippen molar-refractivity contribution in [2.45, 2.75) is 32.2 Å². The molecule has 2 aliphatic heterocycles. The molecule has 2 aliphatic rings. The molecule has 0 saturated carbocycles. The summed E-state index contributed by atoms with van der Waals surface area (Å²) in [6.45, 7) is 6.64. The zero-order valence-electron chi connectivity index (χ0n) is 12.6. The summed E-state index contributed by atoms with van der Waals surface area (Å²) >= 11 is 0. The van der Waals surface area contributed by atoms with Crippen LogP contribution in [-0.4, -0.2) is 48.2 Å². The number of oxime groups is 1. The number of hydrogen-bond acceptors (Lipinski definition) is 4. The van der Waals surface area contributed by atoms with E-state index in [1.54, 1.807) is 0 Å². The first-order chi connectivity index (χ1) is 10.2. The molecule has 0 aliphatic carbocycles. The van der Waals surface area contributed by atoms with Gasteiger partial charge in [-0.1, -0.05) is 17.3 Å². The maximum atomic E-state index is 9.01. The van der Waals surface area contributed by atoms with Gasteiger partial charge in [0.1, 0.15) is 0 Å². The lowest BCUT2D eigenvalue weighted by molar-refractivity contribution is 0.260. The summed E-state index contributed by atoms with van der Waals surface area (Å²) in [4.78, 5) is 5.01. The number of nitrogens with zero attached hydrogens (tertiary/aromatic N) is 3. The SMILES string of the molecule is Cc1cccc(/C(N)=N/O)c1N1CCC(N2CCCC2)C1. The molecule has 1 unspecified atom stereocenters. The van der Waals surface area contributed by atoms with E-state index < -0.39 is 0 Å². The van der Waals surface area contributed by atoms with Crippen molar-refractivity contribution >= 4 is 11.5 Å². The Morgan fingerprint density at radius 3 is 2.76 bits per heavy atom. The third kappa shape index (κ3) is 2.70. The first kappa shape index (κ1) is 14.2. The van der Waals surface area contributed by atoms with Crippen molar-refractivity contribution in [3.8, 4) is 0 Å². The fraction of sp³-hybridized carbons (Fsp3) is 0.562. The van der Waals surface area contributed by atoms with Crippen molar-refractivity contribution in [1.82, 2.24) is 4.90 Å². The minimum absolute atomic E-state index is 0.193. The van der Waals surface area contributed by atoms with E-state index in [-0.39, 0.29) is 5.84 Å². The highest BCUT2D eigenvalue weighted by Crippen LogP contribution is 2.30. The van der Waals surface area contributed by atoms with Crippen LogP contribution >= 0.6 is 0 Å². The summed E-state index contributed by atoms with van der Waals surface area (Å²) in [6.07, 6.45) is 3.86. The summed E-state index contributed by atoms with van der Waals surface area (Å²) in [6, 6.07) is 6.63. The van der Waals surface area contributed by atoms with Gasteiger partial charge in [0, 0.05) is 24.7 Å². The Hall–Kier alpha value is -1.75. The number of benzene rings is 1. The number of hydrogen-bond donors (Lipinski definition) is 2. The molecule has 0 amide bonds. The third-order valence-corrected chi connectivity index (χ3v) is 4.76. The van der Waals surface area contributed by atoms with E-state index in [1.165, 1.54) is 37.9 Å². The van der Waals surface area contributed by atoms with Gasteiger partial charge < -0.3 is 15.8 Å². The lowest BCUT2D eigenvalue weighted by Gasteiger charge is -2.26. The fourth-order valence-electron chi connectivity index (χ4n) is 3.69. The molecule has 2 fully saturated rings. The minimum Gasteiger partial charge on any atom is -0.409 e.